The van der Waals surface area contributed by atoms with Crippen LogP contribution in [0.5, 0.6) is 0 Å². The van der Waals surface area contributed by atoms with Crippen molar-refractivity contribution in [3.8, 4) is 5.69 Å². The van der Waals surface area contributed by atoms with Gasteiger partial charge in [-0.1, -0.05) is 12.1 Å². The van der Waals surface area contributed by atoms with E-state index in [-0.39, 0.29) is 11.4 Å². The number of nitrogens with one attached hydrogen (secondary N) is 1. The Morgan fingerprint density at radius 2 is 2.08 bits per heavy atom. The molecule has 6 heteroatoms. The molecule has 1 N–H and O–H groups in total. The minimum Gasteiger partial charge on any atom is -0.348 e. The first-order chi connectivity index (χ1) is 12.8. The van der Waals surface area contributed by atoms with Crippen LogP contribution in [0.15, 0.2) is 49.1 Å². The molecule has 6 nitrogen and oxygen atoms in total. The van der Waals surface area contributed by atoms with Crippen LogP contribution in [-0.4, -0.2) is 37.1 Å². The van der Waals surface area contributed by atoms with Crippen molar-refractivity contribution in [2.45, 2.75) is 37.6 Å². The number of imidazole rings is 1. The second-order valence-corrected chi connectivity index (χ2v) is 7.20. The first-order valence-electron chi connectivity index (χ1n) is 9.18. The topological polar surface area (TPSA) is 66.8 Å². The van der Waals surface area contributed by atoms with Crippen molar-refractivity contribution in [1.82, 2.24) is 24.6 Å². The number of benzene rings is 1. The van der Waals surface area contributed by atoms with Gasteiger partial charge in [-0.15, -0.1) is 0 Å². The normalized spacial score (nSPS) is 17.8. The van der Waals surface area contributed by atoms with Crippen molar-refractivity contribution in [3.63, 3.8) is 0 Å². The fourth-order valence-corrected chi connectivity index (χ4v) is 4.32. The summed E-state index contributed by atoms with van der Waals surface area (Å²) in [7, 11) is 0. The summed E-state index contributed by atoms with van der Waals surface area (Å²) in [6, 6.07) is 9.96. The van der Waals surface area contributed by atoms with Gasteiger partial charge in [0.2, 0.25) is 5.91 Å². The second-order valence-electron chi connectivity index (χ2n) is 7.20. The molecule has 1 spiro atoms. The maximum Gasteiger partial charge on any atom is 0.227 e. The molecule has 1 aliphatic heterocycles. The predicted molar refractivity (Wildman–Crippen MR) is 96.8 cm³/mol. The third-order valence-corrected chi connectivity index (χ3v) is 5.80. The predicted octanol–water partition coefficient (Wildman–Crippen LogP) is 2.60. The number of carbonyl (C=O) groups excluding carboxylic acids is 1. The third kappa shape index (κ3) is 2.29. The highest BCUT2D eigenvalue weighted by Crippen LogP contribution is 2.49. The first-order valence-corrected chi connectivity index (χ1v) is 9.18. The van der Waals surface area contributed by atoms with E-state index in [1.54, 1.807) is 12.5 Å². The summed E-state index contributed by atoms with van der Waals surface area (Å²) < 4.78 is 1.82. The van der Waals surface area contributed by atoms with Crippen LogP contribution in [0.4, 0.5) is 0 Å². The van der Waals surface area contributed by atoms with E-state index in [9.17, 15) is 4.79 Å². The fraction of sp³-hybridized carbons (Fsp3) is 0.350. The lowest BCUT2D eigenvalue weighted by Gasteiger charge is -2.52. The molecule has 0 bridgehead atoms. The van der Waals surface area contributed by atoms with E-state index < -0.39 is 0 Å². The maximum atomic E-state index is 13.1. The van der Waals surface area contributed by atoms with Crippen LogP contribution in [0.1, 0.15) is 36.2 Å². The minimum atomic E-state index is -0.167. The summed E-state index contributed by atoms with van der Waals surface area (Å²) in [5, 5.41) is 4.24. The summed E-state index contributed by atoms with van der Waals surface area (Å²) in [6.45, 7) is 0.777. The second kappa shape index (κ2) is 5.83. The smallest absolute Gasteiger partial charge is 0.227 e. The van der Waals surface area contributed by atoms with Crippen molar-refractivity contribution >= 4 is 5.91 Å². The molecule has 2 aromatic heterocycles. The standard InChI is InChI=1S/C20H21N5O/c26-18(13-15-3-5-16(6-4-15)25-11-2-10-23-25)24-12-7-17-19(22-14-21-17)20(24)8-1-9-20/h2-6,10-11,14H,1,7-9,12-13H2,(H,21,22). The Bertz CT molecular complexity index is 922. The van der Waals surface area contributed by atoms with Crippen LogP contribution in [-0.2, 0) is 23.2 Å². The van der Waals surface area contributed by atoms with E-state index in [2.05, 4.69) is 20.0 Å². The number of fused-ring (bicyclic) bond motifs is 2. The van der Waals surface area contributed by atoms with E-state index in [4.69, 9.17) is 0 Å². The van der Waals surface area contributed by atoms with Crippen molar-refractivity contribution in [1.29, 1.82) is 0 Å². The van der Waals surface area contributed by atoms with E-state index in [0.29, 0.717) is 6.42 Å². The average molecular weight is 347 g/mol. The monoisotopic (exact) mass is 347 g/mol. The number of amides is 1. The zero-order valence-electron chi connectivity index (χ0n) is 14.6. The highest BCUT2D eigenvalue weighted by Gasteiger charge is 2.50. The first kappa shape index (κ1) is 15.4. The van der Waals surface area contributed by atoms with Crippen molar-refractivity contribution in [2.75, 3.05) is 6.54 Å². The zero-order chi connectivity index (χ0) is 17.6. The summed E-state index contributed by atoms with van der Waals surface area (Å²) in [6.07, 6.45) is 9.94. The Morgan fingerprint density at radius 3 is 2.77 bits per heavy atom. The molecule has 3 heterocycles. The largest absolute Gasteiger partial charge is 0.348 e. The molecule has 1 amide bonds. The van der Waals surface area contributed by atoms with Gasteiger partial charge in [0.1, 0.15) is 0 Å². The maximum absolute atomic E-state index is 13.1. The average Bonchev–Trinajstić information content (AvgIpc) is 3.31. The van der Waals surface area contributed by atoms with Crippen LogP contribution < -0.4 is 0 Å². The van der Waals surface area contributed by atoms with Gasteiger partial charge in [0, 0.05) is 31.1 Å². The van der Waals surface area contributed by atoms with Crippen LogP contribution in [0.2, 0.25) is 0 Å². The number of carbonyl (C=O) groups is 1. The number of hydrogen-bond acceptors (Lipinski definition) is 3. The highest BCUT2D eigenvalue weighted by atomic mass is 16.2. The lowest BCUT2D eigenvalue weighted by atomic mass is 9.70. The molecule has 132 valence electrons. The molecule has 1 fully saturated rings. The summed E-state index contributed by atoms with van der Waals surface area (Å²) in [5.74, 6) is 0.199. The lowest BCUT2D eigenvalue weighted by molar-refractivity contribution is -0.143. The Hall–Kier alpha value is -2.89. The van der Waals surface area contributed by atoms with Gasteiger partial charge in [-0.2, -0.15) is 5.10 Å². The quantitative estimate of drug-likeness (QED) is 0.792. The van der Waals surface area contributed by atoms with E-state index in [1.165, 1.54) is 5.69 Å². The van der Waals surface area contributed by atoms with Gasteiger partial charge in [-0.25, -0.2) is 9.67 Å². The van der Waals surface area contributed by atoms with Crippen LogP contribution >= 0.6 is 0 Å². The van der Waals surface area contributed by atoms with E-state index >= 15 is 0 Å². The summed E-state index contributed by atoms with van der Waals surface area (Å²) >= 11 is 0. The number of rotatable bonds is 3. The van der Waals surface area contributed by atoms with Gasteiger partial charge >= 0.3 is 0 Å². The molecule has 1 aliphatic carbocycles. The number of hydrogen-bond donors (Lipinski definition) is 1. The molecule has 2 aliphatic rings. The van der Waals surface area contributed by atoms with E-state index in [1.807, 2.05) is 41.2 Å². The Labute approximate surface area is 151 Å². The lowest BCUT2D eigenvalue weighted by Crippen LogP contribution is -2.57. The Balaban J connectivity index is 1.36. The van der Waals surface area contributed by atoms with Crippen LogP contribution in [0, 0.1) is 0 Å². The van der Waals surface area contributed by atoms with Crippen molar-refractivity contribution in [3.05, 3.63) is 66.0 Å². The fourth-order valence-electron chi connectivity index (χ4n) is 4.32. The molecule has 1 aromatic carbocycles. The van der Waals surface area contributed by atoms with Crippen LogP contribution in [0.25, 0.3) is 5.69 Å². The highest BCUT2D eigenvalue weighted by molar-refractivity contribution is 5.80. The van der Waals surface area contributed by atoms with Gasteiger partial charge in [0.25, 0.3) is 0 Å². The molecule has 1 saturated carbocycles. The van der Waals surface area contributed by atoms with Crippen molar-refractivity contribution < 1.29 is 4.79 Å². The SMILES string of the molecule is O=C(Cc1ccc(-n2cccn2)cc1)N1CCc2[nH]cnc2C12CCC2. The van der Waals surface area contributed by atoms with Gasteiger partial charge < -0.3 is 9.88 Å². The molecule has 0 atom stereocenters. The molecular weight excluding hydrogens is 326 g/mol. The molecular formula is C20H21N5O. The third-order valence-electron chi connectivity index (χ3n) is 5.80. The van der Waals surface area contributed by atoms with E-state index in [0.717, 1.165) is 49.2 Å². The molecule has 26 heavy (non-hydrogen) atoms. The number of aromatic nitrogens is 4. The van der Waals surface area contributed by atoms with Gasteiger partial charge in [0.15, 0.2) is 0 Å². The Morgan fingerprint density at radius 1 is 1.23 bits per heavy atom. The number of H-pyrrole nitrogens is 1. The van der Waals surface area contributed by atoms with Crippen LogP contribution in [0.3, 0.4) is 0 Å². The molecule has 0 unspecified atom stereocenters. The van der Waals surface area contributed by atoms with Gasteiger partial charge in [0.05, 0.1) is 29.7 Å². The van der Waals surface area contributed by atoms with Gasteiger partial charge in [-0.3, -0.25) is 4.79 Å². The zero-order valence-corrected chi connectivity index (χ0v) is 14.6. The Kier molecular flexibility index (Phi) is 3.45. The molecule has 5 rings (SSSR count). The molecule has 3 aromatic rings. The summed E-state index contributed by atoms with van der Waals surface area (Å²) in [4.78, 5) is 23.0. The number of nitrogens with zero attached hydrogens (tertiary/aromatic N) is 4. The number of aromatic amines is 1. The summed E-state index contributed by atoms with van der Waals surface area (Å²) in [5.41, 5.74) is 4.17. The molecule has 0 radical (unpaired) electrons. The van der Waals surface area contributed by atoms with Gasteiger partial charge in [-0.05, 0) is 43.0 Å². The molecule has 0 saturated heterocycles. The minimum absolute atomic E-state index is 0.167. The van der Waals surface area contributed by atoms with Crippen molar-refractivity contribution in [2.24, 2.45) is 0 Å².